The summed E-state index contributed by atoms with van der Waals surface area (Å²) in [4.78, 5) is 46.8. The summed E-state index contributed by atoms with van der Waals surface area (Å²) < 4.78 is 12.1. The van der Waals surface area contributed by atoms with E-state index in [2.05, 4.69) is 32.8 Å². The second-order valence-corrected chi connectivity index (χ2v) is 14.0. The first-order valence-electron chi connectivity index (χ1n) is 16.2. The summed E-state index contributed by atoms with van der Waals surface area (Å²) in [7, 11) is 1.49. The molecule has 0 aliphatic carbocycles. The Labute approximate surface area is 331 Å². The number of carbonyl (C=O) groups is 3. The normalized spacial score (nSPS) is 14.2. The molecule has 0 saturated heterocycles. The number of nitrogens with zero attached hydrogens (tertiary/aromatic N) is 2. The fraction of sp³-hybridized carbons (Fsp3) is 0.122. The molecule has 0 fully saturated rings. The Morgan fingerprint density at radius 3 is 2.26 bits per heavy atom. The van der Waals surface area contributed by atoms with Gasteiger partial charge in [-0.15, -0.1) is 0 Å². The van der Waals surface area contributed by atoms with Crippen molar-refractivity contribution >= 4 is 79.9 Å². The molecule has 5 rings (SSSR count). The zero-order chi connectivity index (χ0) is 37.9. The standard InChI is InChI=1S/C41H34BrCl2N3O5S/c1-4-6-17-30(5-2)47-40(50)31(21-29-22-35(51-3)36(23-32(29)42)52-24-26-18-19-33(43)34(44)20-26)39(49)46-41(47)53-25-37(48)45-38(27-13-9-7-10-14-27)28-15-11-8-12-16-28/h4-23,38H,1,24-25H2,2-3H3,(H,45,48)/b17-6-,30-5+,31-21+. The van der Waals surface area contributed by atoms with Crippen LogP contribution >= 0.6 is 50.9 Å². The largest absolute Gasteiger partial charge is 0.493 e. The molecule has 0 spiro atoms. The van der Waals surface area contributed by atoms with Gasteiger partial charge in [0.15, 0.2) is 16.7 Å². The lowest BCUT2D eigenvalue weighted by Gasteiger charge is -2.28. The molecule has 0 saturated carbocycles. The molecule has 1 aliphatic heterocycles. The fourth-order valence-corrected chi connectivity index (χ4v) is 6.84. The van der Waals surface area contributed by atoms with Gasteiger partial charge in [0.2, 0.25) is 5.91 Å². The van der Waals surface area contributed by atoms with Crippen LogP contribution in [0.4, 0.5) is 0 Å². The number of ether oxygens (including phenoxy) is 2. The van der Waals surface area contributed by atoms with Gasteiger partial charge in [-0.3, -0.25) is 19.3 Å². The average Bonchev–Trinajstić information content (AvgIpc) is 3.17. The summed E-state index contributed by atoms with van der Waals surface area (Å²) in [5, 5.41) is 4.01. The Hall–Kier alpha value is -4.87. The van der Waals surface area contributed by atoms with Gasteiger partial charge in [0.05, 0.1) is 28.9 Å². The predicted molar refractivity (Wildman–Crippen MR) is 217 cm³/mol. The van der Waals surface area contributed by atoms with Gasteiger partial charge < -0.3 is 14.8 Å². The van der Waals surface area contributed by atoms with Crippen LogP contribution in [0, 0.1) is 0 Å². The average molecular weight is 832 g/mol. The number of methoxy groups -OCH3 is 1. The van der Waals surface area contributed by atoms with Crippen LogP contribution in [-0.4, -0.2) is 40.7 Å². The zero-order valence-corrected chi connectivity index (χ0v) is 32.6. The summed E-state index contributed by atoms with van der Waals surface area (Å²) in [5.74, 6) is -1.01. The third-order valence-electron chi connectivity index (χ3n) is 7.87. The Bertz CT molecular complexity index is 2100. The number of thioether (sulfide) groups is 1. The van der Waals surface area contributed by atoms with Crippen molar-refractivity contribution in [2.45, 2.75) is 19.6 Å². The Morgan fingerprint density at radius 2 is 1.66 bits per heavy atom. The third kappa shape index (κ3) is 9.97. The molecule has 8 nitrogen and oxygen atoms in total. The maximum absolute atomic E-state index is 14.2. The van der Waals surface area contributed by atoms with Crippen LogP contribution in [0.2, 0.25) is 10.0 Å². The summed E-state index contributed by atoms with van der Waals surface area (Å²) >= 11 is 16.7. The highest BCUT2D eigenvalue weighted by Crippen LogP contribution is 2.36. The highest BCUT2D eigenvalue weighted by molar-refractivity contribution is 9.10. The highest BCUT2D eigenvalue weighted by atomic mass is 79.9. The Morgan fingerprint density at radius 1 is 0.981 bits per heavy atom. The van der Waals surface area contributed by atoms with Crippen molar-refractivity contribution < 1.29 is 23.9 Å². The van der Waals surface area contributed by atoms with Crippen LogP contribution in [0.25, 0.3) is 6.08 Å². The van der Waals surface area contributed by atoms with Crippen molar-refractivity contribution in [3.8, 4) is 11.5 Å². The molecule has 12 heteroatoms. The van der Waals surface area contributed by atoms with E-state index in [4.69, 9.17) is 32.7 Å². The van der Waals surface area contributed by atoms with E-state index in [1.54, 1.807) is 61.6 Å². The molecule has 0 aromatic heterocycles. The summed E-state index contributed by atoms with van der Waals surface area (Å²) in [6.07, 6.45) is 8.06. The fourth-order valence-electron chi connectivity index (χ4n) is 5.27. The Balaban J connectivity index is 1.41. The van der Waals surface area contributed by atoms with Crippen LogP contribution in [0.1, 0.15) is 35.2 Å². The number of amidine groups is 1. The van der Waals surface area contributed by atoms with Crippen LogP contribution in [0.3, 0.4) is 0 Å². The lowest BCUT2D eigenvalue weighted by Crippen LogP contribution is -2.42. The van der Waals surface area contributed by atoms with Crippen molar-refractivity contribution in [2.24, 2.45) is 4.99 Å². The van der Waals surface area contributed by atoms with Gasteiger partial charge in [-0.2, -0.15) is 4.99 Å². The van der Waals surface area contributed by atoms with Crippen molar-refractivity contribution in [1.29, 1.82) is 0 Å². The molecule has 0 radical (unpaired) electrons. The molecule has 53 heavy (non-hydrogen) atoms. The van der Waals surface area contributed by atoms with E-state index < -0.39 is 17.9 Å². The maximum atomic E-state index is 14.2. The number of allylic oxidation sites excluding steroid dienone is 4. The van der Waals surface area contributed by atoms with Crippen molar-refractivity contribution in [2.75, 3.05) is 12.9 Å². The monoisotopic (exact) mass is 829 g/mol. The molecule has 4 aromatic carbocycles. The van der Waals surface area contributed by atoms with E-state index in [1.165, 1.54) is 18.1 Å². The molecule has 0 bridgehead atoms. The number of nitrogens with one attached hydrogen (secondary N) is 1. The number of benzene rings is 4. The molecular weight excluding hydrogens is 797 g/mol. The topological polar surface area (TPSA) is 97.3 Å². The second kappa shape index (κ2) is 18.8. The zero-order valence-electron chi connectivity index (χ0n) is 28.7. The second-order valence-electron chi connectivity index (χ2n) is 11.4. The molecule has 1 aliphatic rings. The minimum Gasteiger partial charge on any atom is -0.493 e. The van der Waals surface area contributed by atoms with Gasteiger partial charge >= 0.3 is 0 Å². The van der Waals surface area contributed by atoms with Crippen LogP contribution in [-0.2, 0) is 21.0 Å². The lowest BCUT2D eigenvalue weighted by molar-refractivity contribution is -0.126. The first-order chi connectivity index (χ1) is 25.6. The maximum Gasteiger partial charge on any atom is 0.285 e. The number of rotatable bonds is 13. The molecule has 4 aromatic rings. The third-order valence-corrected chi connectivity index (χ3v) is 10.2. The SMILES string of the molecule is C=C/C=C\C(=C/C)N1C(=O)/C(=C/c2cc(OC)c(OCc3ccc(Cl)c(Cl)c3)cc2Br)C(=O)N=C1SCC(=O)NC(c1ccccc1)c1ccccc1. The van der Waals surface area contributed by atoms with Gasteiger partial charge in [0.25, 0.3) is 11.8 Å². The summed E-state index contributed by atoms with van der Waals surface area (Å²) in [5.41, 5.74) is 3.34. The minimum atomic E-state index is -0.755. The predicted octanol–water partition coefficient (Wildman–Crippen LogP) is 9.74. The Kier molecular flexibility index (Phi) is 13.9. The van der Waals surface area contributed by atoms with E-state index in [0.29, 0.717) is 37.3 Å². The van der Waals surface area contributed by atoms with Gasteiger partial charge in [-0.25, -0.2) is 0 Å². The minimum absolute atomic E-state index is 0.0628. The number of hydrogen-bond acceptors (Lipinski definition) is 6. The van der Waals surface area contributed by atoms with E-state index in [0.717, 1.165) is 28.5 Å². The summed E-state index contributed by atoms with van der Waals surface area (Å²) in [6, 6.07) is 27.4. The van der Waals surface area contributed by atoms with Gasteiger partial charge in [-0.05, 0) is 65.6 Å². The molecule has 1 N–H and O–H groups in total. The lowest BCUT2D eigenvalue weighted by atomic mass is 9.99. The molecule has 1 heterocycles. The van der Waals surface area contributed by atoms with Gasteiger partial charge in [0.1, 0.15) is 12.2 Å². The number of hydrogen-bond donors (Lipinski definition) is 1. The molecule has 0 atom stereocenters. The smallest absolute Gasteiger partial charge is 0.285 e. The van der Waals surface area contributed by atoms with Crippen molar-refractivity contribution in [3.63, 3.8) is 0 Å². The number of amides is 3. The molecule has 270 valence electrons. The number of aliphatic imine (C=N–C) groups is 1. The van der Waals surface area contributed by atoms with E-state index in [-0.39, 0.29) is 29.0 Å². The van der Waals surface area contributed by atoms with E-state index in [1.807, 2.05) is 60.7 Å². The van der Waals surface area contributed by atoms with Gasteiger partial charge in [0, 0.05) is 10.2 Å². The van der Waals surface area contributed by atoms with Crippen molar-refractivity contribution in [1.82, 2.24) is 10.2 Å². The van der Waals surface area contributed by atoms with Crippen LogP contribution in [0.15, 0.2) is 143 Å². The quantitative estimate of drug-likeness (QED) is 0.0819. The van der Waals surface area contributed by atoms with Crippen LogP contribution < -0.4 is 14.8 Å². The first kappa shape index (κ1) is 39.3. The van der Waals surface area contributed by atoms with Crippen molar-refractivity contribution in [3.05, 3.63) is 170 Å². The van der Waals surface area contributed by atoms with Gasteiger partial charge in [-0.1, -0.05) is 142 Å². The number of halogens is 3. The number of carbonyl (C=O) groups excluding carboxylic acids is 3. The summed E-state index contributed by atoms with van der Waals surface area (Å²) in [6.45, 7) is 5.67. The molecule has 3 amide bonds. The first-order valence-corrected chi connectivity index (χ1v) is 18.8. The van der Waals surface area contributed by atoms with E-state index in [9.17, 15) is 14.4 Å². The molecule has 0 unspecified atom stereocenters. The van der Waals surface area contributed by atoms with E-state index >= 15 is 0 Å². The highest BCUT2D eigenvalue weighted by Gasteiger charge is 2.35. The molecular formula is C41H34BrCl2N3O5S. The van der Waals surface area contributed by atoms with Crippen LogP contribution in [0.5, 0.6) is 11.5 Å².